The fourth-order valence-electron chi connectivity index (χ4n) is 2.56. The number of carbonyl (C=O) groups excluding carboxylic acids is 2. The molecule has 2 N–H and O–H groups in total. The molecule has 0 unspecified atom stereocenters. The van der Waals surface area contributed by atoms with Crippen LogP contribution in [0.15, 0.2) is 77.0 Å². The molecule has 3 aromatic rings. The van der Waals surface area contributed by atoms with E-state index in [0.717, 1.165) is 16.7 Å². The molecule has 1 heterocycles. The molecule has 0 bridgehead atoms. The average molecular weight is 374 g/mol. The highest BCUT2D eigenvalue weighted by Gasteiger charge is 2.15. The first-order chi connectivity index (χ1) is 13.5. The van der Waals surface area contributed by atoms with Crippen molar-refractivity contribution in [2.45, 2.75) is 20.4 Å². The highest BCUT2D eigenvalue weighted by atomic mass is 16.3. The summed E-state index contributed by atoms with van der Waals surface area (Å²) in [7, 11) is 0. The van der Waals surface area contributed by atoms with Crippen molar-refractivity contribution in [1.82, 2.24) is 10.6 Å². The fraction of sp³-hybridized carbons (Fsp3) is 0.130. The predicted octanol–water partition coefficient (Wildman–Crippen LogP) is 3.98. The van der Waals surface area contributed by atoms with Crippen LogP contribution in [-0.4, -0.2) is 11.8 Å². The van der Waals surface area contributed by atoms with Gasteiger partial charge < -0.3 is 15.1 Å². The van der Waals surface area contributed by atoms with Crippen molar-refractivity contribution in [3.8, 4) is 0 Å². The third-order valence-electron chi connectivity index (χ3n) is 4.20. The molecule has 1 aromatic heterocycles. The van der Waals surface area contributed by atoms with Gasteiger partial charge in [0.25, 0.3) is 11.8 Å². The summed E-state index contributed by atoms with van der Waals surface area (Å²) in [6.45, 7) is 4.17. The molecule has 0 aliphatic heterocycles. The third kappa shape index (κ3) is 5.20. The molecular weight excluding hydrogens is 352 g/mol. The lowest BCUT2D eigenvalue weighted by Crippen LogP contribution is -2.34. The maximum Gasteiger partial charge on any atom is 0.268 e. The van der Waals surface area contributed by atoms with Crippen LogP contribution in [0.25, 0.3) is 6.08 Å². The monoisotopic (exact) mass is 374 g/mol. The summed E-state index contributed by atoms with van der Waals surface area (Å²) >= 11 is 0. The van der Waals surface area contributed by atoms with Gasteiger partial charge in [0.2, 0.25) is 0 Å². The Morgan fingerprint density at radius 3 is 2.18 bits per heavy atom. The predicted molar refractivity (Wildman–Crippen MR) is 108 cm³/mol. The molecule has 2 aromatic carbocycles. The van der Waals surface area contributed by atoms with Crippen molar-refractivity contribution in [1.29, 1.82) is 0 Å². The maximum atomic E-state index is 12.7. The van der Waals surface area contributed by atoms with E-state index in [4.69, 9.17) is 4.42 Å². The Kier molecular flexibility index (Phi) is 6.07. The molecule has 0 saturated heterocycles. The lowest BCUT2D eigenvalue weighted by molar-refractivity contribution is -0.118. The summed E-state index contributed by atoms with van der Waals surface area (Å²) in [5.41, 5.74) is 3.64. The zero-order chi connectivity index (χ0) is 19.9. The fourth-order valence-corrected chi connectivity index (χ4v) is 2.56. The van der Waals surface area contributed by atoms with Crippen LogP contribution in [0.4, 0.5) is 0 Å². The maximum absolute atomic E-state index is 12.7. The average Bonchev–Trinajstić information content (AvgIpc) is 3.21. The number of nitrogens with one attached hydrogen (secondary N) is 2. The van der Waals surface area contributed by atoms with Crippen LogP contribution < -0.4 is 10.6 Å². The van der Waals surface area contributed by atoms with Gasteiger partial charge in [0.1, 0.15) is 11.5 Å². The zero-order valence-electron chi connectivity index (χ0n) is 15.9. The van der Waals surface area contributed by atoms with Crippen LogP contribution in [0.2, 0.25) is 0 Å². The quantitative estimate of drug-likeness (QED) is 0.641. The SMILES string of the molecule is Cc1ccc(/C=C(\NC(=O)c2ccc(C)cc2)C(=O)NCc2ccco2)cc1. The van der Waals surface area contributed by atoms with Crippen LogP contribution in [0, 0.1) is 13.8 Å². The number of aryl methyl sites for hydroxylation is 2. The van der Waals surface area contributed by atoms with E-state index in [0.29, 0.717) is 11.3 Å². The summed E-state index contributed by atoms with van der Waals surface area (Å²) in [5, 5.41) is 5.49. The van der Waals surface area contributed by atoms with E-state index in [1.165, 1.54) is 0 Å². The van der Waals surface area contributed by atoms with Gasteiger partial charge in [-0.1, -0.05) is 47.5 Å². The summed E-state index contributed by atoms with van der Waals surface area (Å²) < 4.78 is 5.24. The van der Waals surface area contributed by atoms with E-state index in [9.17, 15) is 9.59 Å². The lowest BCUT2D eigenvalue weighted by atomic mass is 10.1. The highest BCUT2D eigenvalue weighted by molar-refractivity contribution is 6.05. The third-order valence-corrected chi connectivity index (χ3v) is 4.20. The Labute approximate surface area is 164 Å². The molecule has 5 heteroatoms. The Balaban J connectivity index is 1.80. The number of furan rings is 1. The first-order valence-electron chi connectivity index (χ1n) is 8.98. The Morgan fingerprint density at radius 1 is 0.929 bits per heavy atom. The van der Waals surface area contributed by atoms with E-state index in [1.807, 2.05) is 50.2 Å². The number of benzene rings is 2. The van der Waals surface area contributed by atoms with Gasteiger partial charge in [-0.3, -0.25) is 9.59 Å². The number of hydrogen-bond acceptors (Lipinski definition) is 3. The number of carbonyl (C=O) groups is 2. The molecule has 0 atom stereocenters. The molecule has 0 aliphatic rings. The minimum atomic E-state index is -0.391. The van der Waals surface area contributed by atoms with E-state index < -0.39 is 5.91 Å². The van der Waals surface area contributed by atoms with Crippen LogP contribution in [0.5, 0.6) is 0 Å². The summed E-state index contributed by atoms with van der Waals surface area (Å²) in [6, 6.07) is 18.4. The van der Waals surface area contributed by atoms with Crippen LogP contribution in [-0.2, 0) is 11.3 Å². The van der Waals surface area contributed by atoms with Crippen molar-refractivity contribution in [2.24, 2.45) is 0 Å². The Hall–Kier alpha value is -3.60. The second-order valence-corrected chi connectivity index (χ2v) is 6.55. The molecule has 0 spiro atoms. The van der Waals surface area contributed by atoms with Gasteiger partial charge in [-0.25, -0.2) is 0 Å². The summed E-state index contributed by atoms with van der Waals surface area (Å²) in [5.74, 6) is -0.100. The molecule has 0 aliphatic carbocycles. The van der Waals surface area contributed by atoms with Gasteiger partial charge >= 0.3 is 0 Å². The highest BCUT2D eigenvalue weighted by Crippen LogP contribution is 2.10. The first-order valence-corrected chi connectivity index (χ1v) is 8.98. The number of amides is 2. The normalized spacial score (nSPS) is 11.1. The number of hydrogen-bond donors (Lipinski definition) is 2. The Bertz CT molecular complexity index is 970. The van der Waals surface area contributed by atoms with Gasteiger partial charge in [-0.2, -0.15) is 0 Å². The van der Waals surface area contributed by atoms with Gasteiger partial charge in [0, 0.05) is 5.56 Å². The minimum absolute atomic E-state index is 0.168. The molecule has 2 amide bonds. The Morgan fingerprint density at radius 2 is 1.57 bits per heavy atom. The zero-order valence-corrected chi connectivity index (χ0v) is 15.9. The van der Waals surface area contributed by atoms with Crippen molar-refractivity contribution in [2.75, 3.05) is 0 Å². The van der Waals surface area contributed by atoms with Crippen molar-refractivity contribution >= 4 is 17.9 Å². The van der Waals surface area contributed by atoms with Crippen LogP contribution in [0.3, 0.4) is 0 Å². The molecule has 0 saturated carbocycles. The standard InChI is InChI=1S/C23H22N2O3/c1-16-5-9-18(10-6-16)14-21(23(27)24-15-20-4-3-13-28-20)25-22(26)19-11-7-17(2)8-12-19/h3-14H,15H2,1-2H3,(H,24,27)(H,25,26)/b21-14-. The van der Waals surface area contributed by atoms with Gasteiger partial charge in [0.15, 0.2) is 0 Å². The molecule has 142 valence electrons. The van der Waals surface area contributed by atoms with Crippen molar-refractivity contribution in [3.63, 3.8) is 0 Å². The second kappa shape index (κ2) is 8.86. The topological polar surface area (TPSA) is 71.3 Å². The smallest absolute Gasteiger partial charge is 0.268 e. The van der Waals surface area contributed by atoms with E-state index in [-0.39, 0.29) is 18.1 Å². The number of rotatable bonds is 6. The minimum Gasteiger partial charge on any atom is -0.467 e. The molecular formula is C23H22N2O3. The second-order valence-electron chi connectivity index (χ2n) is 6.55. The van der Waals surface area contributed by atoms with Gasteiger partial charge in [-0.15, -0.1) is 0 Å². The first kappa shape index (κ1) is 19.2. The molecule has 28 heavy (non-hydrogen) atoms. The lowest BCUT2D eigenvalue weighted by Gasteiger charge is -2.11. The molecule has 0 fully saturated rings. The van der Waals surface area contributed by atoms with Crippen LogP contribution >= 0.6 is 0 Å². The van der Waals surface area contributed by atoms with Crippen molar-refractivity contribution in [3.05, 3.63) is 101 Å². The van der Waals surface area contributed by atoms with E-state index >= 15 is 0 Å². The van der Waals surface area contributed by atoms with E-state index in [1.54, 1.807) is 36.6 Å². The van der Waals surface area contributed by atoms with Gasteiger partial charge in [0.05, 0.1) is 12.8 Å². The van der Waals surface area contributed by atoms with Crippen molar-refractivity contribution < 1.29 is 14.0 Å². The molecule has 3 rings (SSSR count). The largest absolute Gasteiger partial charge is 0.467 e. The van der Waals surface area contributed by atoms with E-state index in [2.05, 4.69) is 10.6 Å². The summed E-state index contributed by atoms with van der Waals surface area (Å²) in [4.78, 5) is 25.3. The van der Waals surface area contributed by atoms with Crippen LogP contribution in [0.1, 0.15) is 32.8 Å². The summed E-state index contributed by atoms with van der Waals surface area (Å²) in [6.07, 6.45) is 3.20. The molecule has 0 radical (unpaired) electrons. The van der Waals surface area contributed by atoms with Gasteiger partial charge in [-0.05, 0) is 49.8 Å². The molecule has 5 nitrogen and oxygen atoms in total.